The van der Waals surface area contributed by atoms with Crippen LogP contribution in [0.25, 0.3) is 0 Å². The molecule has 0 fully saturated rings. The Kier molecular flexibility index (Phi) is 10.1. The van der Waals surface area contributed by atoms with Crippen molar-refractivity contribution in [3.63, 3.8) is 0 Å². The molecule has 8 nitrogen and oxygen atoms in total. The zero-order chi connectivity index (χ0) is 26.2. The van der Waals surface area contributed by atoms with Gasteiger partial charge in [0.15, 0.2) is 0 Å². The van der Waals surface area contributed by atoms with E-state index in [1.54, 1.807) is 26.2 Å². The van der Waals surface area contributed by atoms with Gasteiger partial charge in [-0.3, -0.25) is 13.9 Å². The molecule has 35 heavy (non-hydrogen) atoms. The van der Waals surface area contributed by atoms with Crippen molar-refractivity contribution in [2.24, 2.45) is 0 Å². The van der Waals surface area contributed by atoms with Crippen LogP contribution in [0.1, 0.15) is 44.7 Å². The molecule has 1 atom stereocenters. The van der Waals surface area contributed by atoms with E-state index < -0.39 is 16.1 Å². The first-order valence-electron chi connectivity index (χ1n) is 11.7. The predicted molar refractivity (Wildman–Crippen MR) is 139 cm³/mol. The SMILES string of the molecule is COc1ccc(CN(C(=O)CCCN(c2ccccc2C)S(C)(=O)=O)C(C)C(=O)NC(C)C)cc1. The lowest BCUT2D eigenvalue weighted by molar-refractivity contribution is -0.140. The molecule has 2 aromatic rings. The number of methoxy groups -OCH3 is 1. The fourth-order valence-electron chi connectivity index (χ4n) is 3.74. The van der Waals surface area contributed by atoms with Gasteiger partial charge in [0.05, 0.1) is 19.1 Å². The van der Waals surface area contributed by atoms with Crippen LogP contribution >= 0.6 is 0 Å². The number of hydrogen-bond acceptors (Lipinski definition) is 5. The molecule has 0 saturated carbocycles. The van der Waals surface area contributed by atoms with Crippen LogP contribution in [-0.2, 0) is 26.2 Å². The number of para-hydroxylation sites is 1. The minimum Gasteiger partial charge on any atom is -0.497 e. The zero-order valence-corrected chi connectivity index (χ0v) is 22.3. The standard InChI is InChI=1S/C26H37N3O5S/c1-19(2)27-26(31)21(4)28(18-22-13-15-23(34-5)16-14-22)25(30)12-9-17-29(35(6,32)33)24-11-8-7-10-20(24)3/h7-8,10-11,13-16,19,21H,9,12,17-18H2,1-6H3,(H,27,31). The molecule has 192 valence electrons. The van der Waals surface area contributed by atoms with E-state index >= 15 is 0 Å². The largest absolute Gasteiger partial charge is 0.497 e. The molecule has 2 rings (SSSR count). The van der Waals surface area contributed by atoms with Crippen molar-refractivity contribution in [3.05, 3.63) is 59.7 Å². The Hall–Kier alpha value is -3.07. The first kappa shape index (κ1) is 28.2. The molecule has 0 radical (unpaired) electrons. The van der Waals surface area contributed by atoms with E-state index in [4.69, 9.17) is 4.74 Å². The highest BCUT2D eigenvalue weighted by molar-refractivity contribution is 7.92. The van der Waals surface area contributed by atoms with Crippen LogP contribution in [0.5, 0.6) is 5.75 Å². The first-order valence-corrected chi connectivity index (χ1v) is 13.5. The summed E-state index contributed by atoms with van der Waals surface area (Å²) in [6.07, 6.45) is 1.58. The summed E-state index contributed by atoms with van der Waals surface area (Å²) in [5.41, 5.74) is 2.30. The number of carbonyl (C=O) groups is 2. The number of rotatable bonds is 12. The van der Waals surface area contributed by atoms with Gasteiger partial charge in [0.25, 0.3) is 0 Å². The Labute approximate surface area is 209 Å². The van der Waals surface area contributed by atoms with Crippen LogP contribution in [-0.4, -0.2) is 57.1 Å². The van der Waals surface area contributed by atoms with Crippen molar-refractivity contribution in [1.29, 1.82) is 0 Å². The molecule has 0 aromatic heterocycles. The second kappa shape index (κ2) is 12.6. The Morgan fingerprint density at radius 1 is 1.03 bits per heavy atom. The maximum absolute atomic E-state index is 13.3. The third-order valence-corrected chi connectivity index (χ3v) is 6.83. The number of ether oxygens (including phenoxy) is 1. The summed E-state index contributed by atoms with van der Waals surface area (Å²) < 4.78 is 31.4. The van der Waals surface area contributed by atoms with Crippen molar-refractivity contribution >= 4 is 27.5 Å². The van der Waals surface area contributed by atoms with Gasteiger partial charge in [-0.2, -0.15) is 0 Å². The average Bonchev–Trinajstić information content (AvgIpc) is 2.79. The van der Waals surface area contributed by atoms with Crippen molar-refractivity contribution in [1.82, 2.24) is 10.2 Å². The molecular weight excluding hydrogens is 466 g/mol. The highest BCUT2D eigenvalue weighted by Gasteiger charge is 2.27. The number of anilines is 1. The van der Waals surface area contributed by atoms with Gasteiger partial charge < -0.3 is 15.0 Å². The third kappa shape index (κ3) is 8.28. The van der Waals surface area contributed by atoms with Gasteiger partial charge in [-0.15, -0.1) is 0 Å². The first-order chi connectivity index (χ1) is 16.4. The number of aryl methyl sites for hydroxylation is 1. The molecule has 0 bridgehead atoms. The van der Waals surface area contributed by atoms with Crippen molar-refractivity contribution < 1.29 is 22.7 Å². The van der Waals surface area contributed by atoms with Gasteiger partial charge in [-0.1, -0.05) is 30.3 Å². The summed E-state index contributed by atoms with van der Waals surface area (Å²) in [7, 11) is -1.94. The topological polar surface area (TPSA) is 96.0 Å². The molecule has 1 unspecified atom stereocenters. The number of benzene rings is 2. The molecule has 0 spiro atoms. The number of nitrogens with zero attached hydrogens (tertiary/aromatic N) is 2. The Morgan fingerprint density at radius 2 is 1.66 bits per heavy atom. The minimum absolute atomic E-state index is 0.0553. The van der Waals surface area contributed by atoms with Crippen LogP contribution in [0.15, 0.2) is 48.5 Å². The van der Waals surface area contributed by atoms with E-state index in [1.807, 2.05) is 57.2 Å². The van der Waals surface area contributed by atoms with Gasteiger partial charge in [0, 0.05) is 25.6 Å². The van der Waals surface area contributed by atoms with Gasteiger partial charge in [-0.25, -0.2) is 8.42 Å². The number of carbonyl (C=O) groups excluding carboxylic acids is 2. The van der Waals surface area contributed by atoms with E-state index in [-0.39, 0.29) is 37.4 Å². The van der Waals surface area contributed by atoms with Crippen molar-refractivity contribution in [3.8, 4) is 5.75 Å². The molecule has 0 aliphatic carbocycles. The predicted octanol–water partition coefficient (Wildman–Crippen LogP) is 3.49. The maximum atomic E-state index is 13.3. The average molecular weight is 504 g/mol. The molecule has 2 amide bonds. The number of amides is 2. The number of sulfonamides is 1. The van der Waals surface area contributed by atoms with Crippen LogP contribution < -0.4 is 14.4 Å². The van der Waals surface area contributed by atoms with Gasteiger partial charge >= 0.3 is 0 Å². The van der Waals surface area contributed by atoms with Crippen LogP contribution in [0, 0.1) is 6.92 Å². The highest BCUT2D eigenvalue weighted by Crippen LogP contribution is 2.23. The van der Waals surface area contributed by atoms with Crippen molar-refractivity contribution in [2.75, 3.05) is 24.2 Å². The Bertz CT molecular complexity index is 1100. The monoisotopic (exact) mass is 503 g/mol. The second-order valence-corrected chi connectivity index (χ2v) is 10.8. The Balaban J connectivity index is 2.18. The van der Waals surface area contributed by atoms with Crippen LogP contribution in [0.4, 0.5) is 5.69 Å². The smallest absolute Gasteiger partial charge is 0.242 e. The molecule has 2 aromatic carbocycles. The lowest BCUT2D eigenvalue weighted by Gasteiger charge is -2.30. The normalized spacial score (nSPS) is 12.2. The molecule has 0 aliphatic rings. The van der Waals surface area contributed by atoms with E-state index in [9.17, 15) is 18.0 Å². The second-order valence-electron chi connectivity index (χ2n) is 8.93. The summed E-state index contributed by atoms with van der Waals surface area (Å²) in [5, 5.41) is 2.86. The summed E-state index contributed by atoms with van der Waals surface area (Å²) >= 11 is 0. The van der Waals surface area contributed by atoms with Gasteiger partial charge in [-0.05, 0) is 63.4 Å². The summed E-state index contributed by atoms with van der Waals surface area (Å²) in [5.74, 6) is 0.249. The Morgan fingerprint density at radius 3 is 2.20 bits per heavy atom. The molecular formula is C26H37N3O5S. The lowest BCUT2D eigenvalue weighted by atomic mass is 10.1. The molecule has 9 heteroatoms. The summed E-state index contributed by atoms with van der Waals surface area (Å²) in [4.78, 5) is 27.5. The lowest BCUT2D eigenvalue weighted by Crippen LogP contribution is -2.49. The fourth-order valence-corrected chi connectivity index (χ4v) is 4.76. The highest BCUT2D eigenvalue weighted by atomic mass is 32.2. The van der Waals surface area contributed by atoms with Crippen molar-refractivity contribution in [2.45, 2.75) is 59.2 Å². The number of nitrogens with one attached hydrogen (secondary N) is 1. The van der Waals surface area contributed by atoms with E-state index in [1.165, 1.54) is 9.21 Å². The van der Waals surface area contributed by atoms with Crippen LogP contribution in [0.2, 0.25) is 0 Å². The number of hydrogen-bond donors (Lipinski definition) is 1. The summed E-state index contributed by atoms with van der Waals surface area (Å²) in [6.45, 7) is 7.71. The molecule has 0 aliphatic heterocycles. The minimum atomic E-state index is -3.52. The molecule has 0 heterocycles. The quantitative estimate of drug-likeness (QED) is 0.478. The zero-order valence-electron chi connectivity index (χ0n) is 21.4. The molecule has 1 N–H and O–H groups in total. The van der Waals surface area contributed by atoms with Gasteiger partial charge in [0.1, 0.15) is 11.8 Å². The third-order valence-electron chi connectivity index (χ3n) is 5.65. The van der Waals surface area contributed by atoms with E-state index in [0.29, 0.717) is 17.9 Å². The maximum Gasteiger partial charge on any atom is 0.242 e. The van der Waals surface area contributed by atoms with Crippen LogP contribution in [0.3, 0.4) is 0 Å². The van der Waals surface area contributed by atoms with E-state index in [0.717, 1.165) is 17.4 Å². The molecule has 0 saturated heterocycles. The van der Waals surface area contributed by atoms with Gasteiger partial charge in [0.2, 0.25) is 21.8 Å². The van der Waals surface area contributed by atoms with E-state index in [2.05, 4.69) is 5.32 Å². The summed E-state index contributed by atoms with van der Waals surface area (Å²) in [6, 6.07) is 13.8. The fraction of sp³-hybridized carbons (Fsp3) is 0.462.